The average molecular weight is 546 g/mol. The lowest BCUT2D eigenvalue weighted by Crippen LogP contribution is -2.52. The Morgan fingerprint density at radius 2 is 1.81 bits per heavy atom. The van der Waals surface area contributed by atoms with Crippen molar-refractivity contribution in [3.63, 3.8) is 0 Å². The third-order valence-electron chi connectivity index (χ3n) is 6.22. The largest absolute Gasteiger partial charge is 0.378 e. The van der Waals surface area contributed by atoms with Crippen molar-refractivity contribution in [2.45, 2.75) is 25.4 Å². The fourth-order valence-electron chi connectivity index (χ4n) is 4.40. The zero-order valence-electron chi connectivity index (χ0n) is 20.0. The Kier molecular flexibility index (Phi) is 12.0. The van der Waals surface area contributed by atoms with Crippen LogP contribution in [0.3, 0.4) is 0 Å². The van der Waals surface area contributed by atoms with Crippen molar-refractivity contribution in [2.24, 2.45) is 0 Å². The number of piperidine rings is 1. The van der Waals surface area contributed by atoms with E-state index in [4.69, 9.17) is 9.47 Å². The summed E-state index contributed by atoms with van der Waals surface area (Å²) in [7, 11) is 0. The molecule has 3 aliphatic rings. The van der Waals surface area contributed by atoms with Gasteiger partial charge in [0.2, 0.25) is 17.7 Å². The van der Waals surface area contributed by atoms with Gasteiger partial charge in [0, 0.05) is 62.5 Å². The van der Waals surface area contributed by atoms with Crippen LogP contribution in [-0.2, 0) is 30.4 Å². The number of nitrogens with zero attached hydrogens (tertiary/aromatic N) is 2. The molecule has 36 heavy (non-hydrogen) atoms. The molecule has 3 heterocycles. The number of hydrogen-bond acceptors (Lipinski definition) is 8. The van der Waals surface area contributed by atoms with E-state index in [-0.39, 0.29) is 68.5 Å². The van der Waals surface area contributed by atoms with E-state index in [0.29, 0.717) is 36.6 Å². The molecule has 0 bridgehead atoms. The second kappa shape index (κ2) is 14.5. The average Bonchev–Trinajstić information content (AvgIpc) is 3.16. The first-order valence-electron chi connectivity index (χ1n) is 11.7. The van der Waals surface area contributed by atoms with Crippen LogP contribution in [0.5, 0.6) is 0 Å². The number of hydrogen-bond donors (Lipinski definition) is 3. The molecule has 4 amide bonds. The number of anilines is 1. The van der Waals surface area contributed by atoms with Gasteiger partial charge in [-0.2, -0.15) is 0 Å². The van der Waals surface area contributed by atoms with Crippen LogP contribution in [-0.4, -0.2) is 98.6 Å². The maximum atomic E-state index is 12.9. The van der Waals surface area contributed by atoms with Gasteiger partial charge in [0.05, 0.1) is 19.8 Å². The number of carbonyl (C=O) groups is 4. The molecule has 0 radical (unpaired) electrons. The second-order valence-corrected chi connectivity index (χ2v) is 8.54. The second-order valence-electron chi connectivity index (χ2n) is 8.54. The van der Waals surface area contributed by atoms with Crippen LogP contribution in [0.25, 0.3) is 0 Å². The van der Waals surface area contributed by atoms with Gasteiger partial charge in [0.15, 0.2) is 0 Å². The monoisotopic (exact) mass is 545 g/mol. The van der Waals surface area contributed by atoms with Crippen LogP contribution in [0.2, 0.25) is 0 Å². The van der Waals surface area contributed by atoms with Crippen LogP contribution < -0.4 is 16.0 Å². The summed E-state index contributed by atoms with van der Waals surface area (Å²) in [6.45, 7) is 6.37. The minimum Gasteiger partial charge on any atom is -0.378 e. The number of fused-ring (bicyclic) bond motifs is 1. The van der Waals surface area contributed by atoms with E-state index >= 15 is 0 Å². The third kappa shape index (κ3) is 7.61. The highest BCUT2D eigenvalue weighted by atomic mass is 35.5. The minimum atomic E-state index is -0.698. The molecule has 2 saturated heterocycles. The highest BCUT2D eigenvalue weighted by molar-refractivity contribution is 6.06. The summed E-state index contributed by atoms with van der Waals surface area (Å²) in [5.41, 5.74) is 1.62. The Bertz CT molecular complexity index is 944. The third-order valence-corrected chi connectivity index (χ3v) is 6.22. The Labute approximate surface area is 222 Å². The van der Waals surface area contributed by atoms with Crippen LogP contribution >= 0.6 is 24.8 Å². The molecule has 13 heteroatoms. The molecule has 0 aromatic heterocycles. The number of carbonyl (C=O) groups excluding carboxylic acids is 4. The molecule has 2 fully saturated rings. The van der Waals surface area contributed by atoms with E-state index in [9.17, 15) is 19.2 Å². The molecule has 1 atom stereocenters. The summed E-state index contributed by atoms with van der Waals surface area (Å²) >= 11 is 0. The van der Waals surface area contributed by atoms with Crippen molar-refractivity contribution >= 4 is 54.1 Å². The molecule has 1 aromatic carbocycles. The van der Waals surface area contributed by atoms with Gasteiger partial charge in [0.1, 0.15) is 12.6 Å². The molecule has 1 aromatic rings. The molecule has 0 aliphatic carbocycles. The lowest BCUT2D eigenvalue weighted by molar-refractivity contribution is -0.137. The zero-order valence-corrected chi connectivity index (χ0v) is 21.6. The zero-order chi connectivity index (χ0) is 23.9. The summed E-state index contributed by atoms with van der Waals surface area (Å²) in [5, 5.41) is 8.39. The highest BCUT2D eigenvalue weighted by Crippen LogP contribution is 2.32. The topological polar surface area (TPSA) is 129 Å². The Morgan fingerprint density at radius 1 is 1.06 bits per heavy atom. The summed E-state index contributed by atoms with van der Waals surface area (Å²) in [6, 6.07) is 4.38. The van der Waals surface area contributed by atoms with Crippen LogP contribution in [0.4, 0.5) is 5.69 Å². The van der Waals surface area contributed by atoms with Crippen molar-refractivity contribution in [1.29, 1.82) is 0 Å². The van der Waals surface area contributed by atoms with E-state index in [2.05, 4.69) is 20.9 Å². The van der Waals surface area contributed by atoms with Crippen LogP contribution in [0.15, 0.2) is 18.2 Å². The molecule has 3 N–H and O–H groups in total. The van der Waals surface area contributed by atoms with Crippen molar-refractivity contribution < 1.29 is 28.7 Å². The number of amides is 4. The van der Waals surface area contributed by atoms with Crippen LogP contribution in [0.1, 0.15) is 28.8 Å². The van der Waals surface area contributed by atoms with Gasteiger partial charge in [-0.25, -0.2) is 0 Å². The maximum absolute atomic E-state index is 12.9. The normalized spacial score (nSPS) is 19.7. The number of nitrogens with one attached hydrogen (secondary N) is 3. The van der Waals surface area contributed by atoms with Gasteiger partial charge in [-0.15, -0.1) is 24.8 Å². The number of piperazine rings is 1. The first-order chi connectivity index (χ1) is 16.5. The number of imide groups is 1. The van der Waals surface area contributed by atoms with Crippen LogP contribution in [0, 0.1) is 0 Å². The Balaban J connectivity index is 0.00000228. The maximum Gasteiger partial charge on any atom is 0.255 e. The smallest absolute Gasteiger partial charge is 0.255 e. The standard InChI is InChI=1S/C23H31N5O6.2ClH/c29-20-5-4-19(22(31)26-20)28-14-17-16(23(28)32)2-1-3-18(17)25-21(30)15-34-13-12-33-11-10-27-8-6-24-7-9-27;;/h1-3,19,24H,4-15H2,(H,25,30)(H,26,29,31);2*1H. The van der Waals surface area contributed by atoms with Gasteiger partial charge in [-0.05, 0) is 18.6 Å². The molecule has 1 unspecified atom stereocenters. The van der Waals surface area contributed by atoms with Gasteiger partial charge >= 0.3 is 0 Å². The number of ether oxygens (including phenoxy) is 2. The lowest BCUT2D eigenvalue weighted by Gasteiger charge is -2.29. The fourth-order valence-corrected chi connectivity index (χ4v) is 4.40. The minimum absolute atomic E-state index is 0. The van der Waals surface area contributed by atoms with Crippen molar-refractivity contribution in [3.8, 4) is 0 Å². The number of halogens is 2. The van der Waals surface area contributed by atoms with Gasteiger partial charge in [-0.3, -0.25) is 29.4 Å². The van der Waals surface area contributed by atoms with Gasteiger partial charge < -0.3 is 25.0 Å². The van der Waals surface area contributed by atoms with Crippen molar-refractivity contribution in [1.82, 2.24) is 20.4 Å². The molecule has 11 nitrogen and oxygen atoms in total. The number of rotatable bonds is 10. The molecule has 0 saturated carbocycles. The van der Waals surface area contributed by atoms with E-state index < -0.39 is 11.9 Å². The van der Waals surface area contributed by atoms with E-state index in [1.165, 1.54) is 4.90 Å². The van der Waals surface area contributed by atoms with E-state index in [1.54, 1.807) is 18.2 Å². The summed E-state index contributed by atoms with van der Waals surface area (Å²) in [4.78, 5) is 52.7. The summed E-state index contributed by atoms with van der Waals surface area (Å²) < 4.78 is 11.0. The highest BCUT2D eigenvalue weighted by Gasteiger charge is 2.39. The van der Waals surface area contributed by atoms with Gasteiger partial charge in [0.25, 0.3) is 5.91 Å². The van der Waals surface area contributed by atoms with E-state index in [1.807, 2.05) is 0 Å². The molecule has 0 spiro atoms. The van der Waals surface area contributed by atoms with E-state index in [0.717, 1.165) is 32.7 Å². The summed E-state index contributed by atoms with van der Waals surface area (Å²) in [5.74, 6) is -1.41. The Morgan fingerprint density at radius 3 is 2.56 bits per heavy atom. The van der Waals surface area contributed by atoms with Crippen molar-refractivity contribution in [2.75, 3.05) is 64.5 Å². The molecular formula is C23H33Cl2N5O6. The number of benzene rings is 1. The SMILES string of the molecule is Cl.Cl.O=C1CCC(N2Cc3c(NC(=O)COCCOCCN4CCNCC4)cccc3C2=O)C(=O)N1. The van der Waals surface area contributed by atoms with Gasteiger partial charge in [-0.1, -0.05) is 6.07 Å². The predicted octanol–water partition coefficient (Wildman–Crippen LogP) is 0.168. The quantitative estimate of drug-likeness (QED) is 0.280. The summed E-state index contributed by atoms with van der Waals surface area (Å²) in [6.07, 6.45) is 0.480. The molecule has 4 rings (SSSR count). The molecular weight excluding hydrogens is 513 g/mol. The first kappa shape index (κ1) is 29.9. The fraction of sp³-hybridized carbons (Fsp3) is 0.565. The van der Waals surface area contributed by atoms with Crippen molar-refractivity contribution in [3.05, 3.63) is 29.3 Å². The molecule has 200 valence electrons. The Hall–Kier alpha value is -2.28. The lowest BCUT2D eigenvalue weighted by atomic mass is 10.0. The predicted molar refractivity (Wildman–Crippen MR) is 137 cm³/mol. The molecule has 3 aliphatic heterocycles. The first-order valence-corrected chi connectivity index (χ1v) is 11.7.